The van der Waals surface area contributed by atoms with Gasteiger partial charge in [0.15, 0.2) is 0 Å². The first-order valence-corrected chi connectivity index (χ1v) is 5.38. The number of nitrogens with zero attached hydrogens (tertiary/aromatic N) is 1. The van der Waals surface area contributed by atoms with E-state index in [-0.39, 0.29) is 12.7 Å². The standard InChI is InChI=1S/C13H13NO3/c15-13(17-12-7-4-8-14-9-12)16-10-11-5-2-1-3-6-11/h1-8,12H,9-10H2. The average Bonchev–Trinajstić information content (AvgIpc) is 2.39. The van der Waals surface area contributed by atoms with E-state index in [1.165, 1.54) is 0 Å². The number of allylic oxidation sites excluding steroid dienone is 1. The fourth-order valence-corrected chi connectivity index (χ4v) is 1.41. The highest BCUT2D eigenvalue weighted by atomic mass is 16.7. The van der Waals surface area contributed by atoms with Crippen LogP contribution in [-0.2, 0) is 16.1 Å². The second-order valence-corrected chi connectivity index (χ2v) is 3.58. The molecule has 1 unspecified atom stereocenters. The Morgan fingerprint density at radius 1 is 1.35 bits per heavy atom. The summed E-state index contributed by atoms with van der Waals surface area (Å²) >= 11 is 0. The van der Waals surface area contributed by atoms with E-state index in [1.54, 1.807) is 18.4 Å². The van der Waals surface area contributed by atoms with Crippen LogP contribution >= 0.6 is 0 Å². The lowest BCUT2D eigenvalue weighted by Gasteiger charge is -2.13. The second-order valence-electron chi connectivity index (χ2n) is 3.58. The number of rotatable bonds is 3. The first-order chi connectivity index (χ1) is 8.34. The van der Waals surface area contributed by atoms with E-state index < -0.39 is 6.16 Å². The number of carbonyl (C=O) groups excluding carboxylic acids is 1. The molecule has 1 aliphatic rings. The molecule has 2 rings (SSSR count). The Morgan fingerprint density at radius 2 is 2.18 bits per heavy atom. The highest BCUT2D eigenvalue weighted by Crippen LogP contribution is 2.05. The summed E-state index contributed by atoms with van der Waals surface area (Å²) in [6, 6.07) is 9.47. The van der Waals surface area contributed by atoms with Crippen LogP contribution < -0.4 is 0 Å². The van der Waals surface area contributed by atoms with Gasteiger partial charge in [-0.25, -0.2) is 4.79 Å². The maximum atomic E-state index is 11.4. The van der Waals surface area contributed by atoms with Crippen molar-refractivity contribution in [1.82, 2.24) is 0 Å². The van der Waals surface area contributed by atoms with Gasteiger partial charge in [0.05, 0.1) is 6.54 Å². The van der Waals surface area contributed by atoms with E-state index in [4.69, 9.17) is 9.47 Å². The molecule has 88 valence electrons. The van der Waals surface area contributed by atoms with Crippen LogP contribution in [-0.4, -0.2) is 25.0 Å². The minimum absolute atomic E-state index is 0.222. The predicted molar refractivity (Wildman–Crippen MR) is 64.0 cm³/mol. The van der Waals surface area contributed by atoms with Crippen LogP contribution in [0.5, 0.6) is 0 Å². The van der Waals surface area contributed by atoms with Gasteiger partial charge in [-0.3, -0.25) is 4.99 Å². The second kappa shape index (κ2) is 5.84. The minimum atomic E-state index is -0.666. The van der Waals surface area contributed by atoms with E-state index in [9.17, 15) is 4.79 Å². The van der Waals surface area contributed by atoms with Crippen molar-refractivity contribution >= 4 is 12.4 Å². The monoisotopic (exact) mass is 231 g/mol. The Balaban J connectivity index is 1.74. The third-order valence-corrected chi connectivity index (χ3v) is 2.25. The fraction of sp³-hybridized carbons (Fsp3) is 0.231. The lowest BCUT2D eigenvalue weighted by molar-refractivity contribution is 0.0344. The summed E-state index contributed by atoms with van der Waals surface area (Å²) in [7, 11) is 0. The largest absolute Gasteiger partial charge is 0.509 e. The summed E-state index contributed by atoms with van der Waals surface area (Å²) in [5.41, 5.74) is 0.932. The molecule has 0 saturated heterocycles. The Morgan fingerprint density at radius 3 is 2.88 bits per heavy atom. The zero-order valence-corrected chi connectivity index (χ0v) is 9.28. The highest BCUT2D eigenvalue weighted by Gasteiger charge is 2.13. The number of carbonyl (C=O) groups is 1. The average molecular weight is 231 g/mol. The molecular weight excluding hydrogens is 218 g/mol. The Bertz CT molecular complexity index is 426. The molecule has 1 heterocycles. The van der Waals surface area contributed by atoms with Gasteiger partial charge in [0.25, 0.3) is 0 Å². The number of hydrogen-bond donors (Lipinski definition) is 0. The normalized spacial score (nSPS) is 17.8. The molecule has 1 atom stereocenters. The maximum Gasteiger partial charge on any atom is 0.509 e. The molecule has 0 spiro atoms. The van der Waals surface area contributed by atoms with Gasteiger partial charge in [0.1, 0.15) is 12.7 Å². The molecular formula is C13H13NO3. The SMILES string of the molecule is O=C(OCc1ccccc1)OC1C=CC=NC1. The minimum Gasteiger partial charge on any atom is -0.429 e. The molecule has 17 heavy (non-hydrogen) atoms. The number of dihydropyridines is 1. The van der Waals surface area contributed by atoms with E-state index in [1.807, 2.05) is 30.3 Å². The van der Waals surface area contributed by atoms with Gasteiger partial charge in [-0.1, -0.05) is 30.3 Å². The van der Waals surface area contributed by atoms with Crippen molar-refractivity contribution in [2.45, 2.75) is 12.7 Å². The summed E-state index contributed by atoms with van der Waals surface area (Å²) < 4.78 is 10.0. The maximum absolute atomic E-state index is 11.4. The molecule has 0 fully saturated rings. The van der Waals surface area contributed by atoms with Crippen molar-refractivity contribution in [3.05, 3.63) is 48.0 Å². The number of aliphatic imine (C=N–C) groups is 1. The number of ether oxygens (including phenoxy) is 2. The zero-order valence-electron chi connectivity index (χ0n) is 9.28. The van der Waals surface area contributed by atoms with Crippen LogP contribution in [0.15, 0.2) is 47.5 Å². The third kappa shape index (κ3) is 3.75. The van der Waals surface area contributed by atoms with Gasteiger partial charge in [0, 0.05) is 6.21 Å². The molecule has 0 amide bonds. The van der Waals surface area contributed by atoms with Gasteiger partial charge >= 0.3 is 6.16 Å². The van der Waals surface area contributed by atoms with Crippen LogP contribution in [0.4, 0.5) is 4.79 Å². The number of benzene rings is 1. The summed E-state index contributed by atoms with van der Waals surface area (Å²) in [5.74, 6) is 0. The van der Waals surface area contributed by atoms with Crippen LogP contribution in [0.3, 0.4) is 0 Å². The fourth-order valence-electron chi connectivity index (χ4n) is 1.41. The lowest BCUT2D eigenvalue weighted by atomic mass is 10.2. The molecule has 0 bridgehead atoms. The summed E-state index contributed by atoms with van der Waals surface area (Å²) in [6.45, 7) is 0.677. The summed E-state index contributed by atoms with van der Waals surface area (Å²) in [4.78, 5) is 15.3. The van der Waals surface area contributed by atoms with Crippen molar-refractivity contribution < 1.29 is 14.3 Å². The van der Waals surface area contributed by atoms with Gasteiger partial charge in [0.2, 0.25) is 0 Å². The van der Waals surface area contributed by atoms with Crippen LogP contribution in [0.1, 0.15) is 5.56 Å². The van der Waals surface area contributed by atoms with Crippen molar-refractivity contribution in [3.8, 4) is 0 Å². The molecule has 4 heteroatoms. The van der Waals surface area contributed by atoms with E-state index >= 15 is 0 Å². The molecule has 0 saturated carbocycles. The van der Waals surface area contributed by atoms with Gasteiger partial charge in [-0.2, -0.15) is 0 Å². The summed E-state index contributed by atoms with van der Waals surface area (Å²) in [6.07, 6.45) is 4.22. The topological polar surface area (TPSA) is 47.9 Å². The zero-order chi connectivity index (χ0) is 11.9. The smallest absolute Gasteiger partial charge is 0.429 e. The van der Waals surface area contributed by atoms with Crippen molar-refractivity contribution in [1.29, 1.82) is 0 Å². The molecule has 1 aliphatic heterocycles. The molecule has 0 aliphatic carbocycles. The van der Waals surface area contributed by atoms with Crippen LogP contribution in [0.25, 0.3) is 0 Å². The van der Waals surface area contributed by atoms with Crippen molar-refractivity contribution in [2.24, 2.45) is 4.99 Å². The molecule has 0 radical (unpaired) electrons. The Labute approximate surface area is 99.6 Å². The highest BCUT2D eigenvalue weighted by molar-refractivity contribution is 5.72. The third-order valence-electron chi connectivity index (χ3n) is 2.25. The van der Waals surface area contributed by atoms with Crippen molar-refractivity contribution in [2.75, 3.05) is 6.54 Å². The molecule has 1 aromatic rings. The number of hydrogen-bond acceptors (Lipinski definition) is 4. The van der Waals surface area contributed by atoms with E-state index in [0.29, 0.717) is 6.54 Å². The van der Waals surface area contributed by atoms with Gasteiger partial charge < -0.3 is 9.47 Å². The van der Waals surface area contributed by atoms with E-state index in [2.05, 4.69) is 4.99 Å². The molecule has 0 aromatic heterocycles. The first-order valence-electron chi connectivity index (χ1n) is 5.38. The quantitative estimate of drug-likeness (QED) is 0.750. The Kier molecular flexibility index (Phi) is 3.91. The molecule has 1 aromatic carbocycles. The van der Waals surface area contributed by atoms with Gasteiger partial charge in [-0.15, -0.1) is 0 Å². The first kappa shape index (κ1) is 11.4. The Hall–Kier alpha value is -2.10. The van der Waals surface area contributed by atoms with Crippen LogP contribution in [0.2, 0.25) is 0 Å². The summed E-state index contributed by atoms with van der Waals surface area (Å²) in [5, 5.41) is 0. The molecule has 4 nitrogen and oxygen atoms in total. The van der Waals surface area contributed by atoms with Gasteiger partial charge in [-0.05, 0) is 17.7 Å². The predicted octanol–water partition coefficient (Wildman–Crippen LogP) is 2.35. The van der Waals surface area contributed by atoms with Crippen LogP contribution in [0, 0.1) is 0 Å². The lowest BCUT2D eigenvalue weighted by Crippen LogP contribution is -2.21. The molecule has 0 N–H and O–H groups in total. The van der Waals surface area contributed by atoms with Crippen molar-refractivity contribution in [3.63, 3.8) is 0 Å². The van der Waals surface area contributed by atoms with E-state index in [0.717, 1.165) is 5.56 Å².